The Morgan fingerprint density at radius 3 is 2.31 bits per heavy atom. The van der Waals surface area contributed by atoms with Gasteiger partial charge < -0.3 is 5.32 Å². The fourth-order valence-corrected chi connectivity index (χ4v) is 4.57. The zero-order valence-corrected chi connectivity index (χ0v) is 16.7. The Morgan fingerprint density at radius 1 is 1.08 bits per heavy atom. The number of sulfonamides is 1. The van der Waals surface area contributed by atoms with Gasteiger partial charge in [0.1, 0.15) is 0 Å². The van der Waals surface area contributed by atoms with E-state index in [9.17, 15) is 13.2 Å². The molecule has 0 saturated heterocycles. The van der Waals surface area contributed by atoms with E-state index in [1.54, 1.807) is 19.9 Å². The standard InChI is InChI=1S/C19H23ClN2O3S/c1-13-10-14(2)19(15(3)11-13)26(24,25)22-9-8-18(23)21-12-16-6-4-5-7-17(16)20/h4-7,10-11,22H,8-9,12H2,1-3H3,(H,21,23). The van der Waals surface area contributed by atoms with Crippen molar-refractivity contribution in [1.82, 2.24) is 10.0 Å². The Hall–Kier alpha value is -1.89. The van der Waals surface area contributed by atoms with E-state index in [0.29, 0.717) is 22.7 Å². The molecule has 2 N–H and O–H groups in total. The van der Waals surface area contributed by atoms with Gasteiger partial charge in [0.2, 0.25) is 15.9 Å². The first-order valence-electron chi connectivity index (χ1n) is 8.28. The van der Waals surface area contributed by atoms with Gasteiger partial charge in [-0.2, -0.15) is 0 Å². The number of hydrogen-bond donors (Lipinski definition) is 2. The molecule has 0 aromatic heterocycles. The van der Waals surface area contributed by atoms with Crippen LogP contribution >= 0.6 is 11.6 Å². The Labute approximate surface area is 159 Å². The van der Waals surface area contributed by atoms with Gasteiger partial charge in [-0.1, -0.05) is 47.5 Å². The third-order valence-electron chi connectivity index (χ3n) is 3.95. The molecule has 0 radical (unpaired) electrons. The number of nitrogens with one attached hydrogen (secondary N) is 2. The summed E-state index contributed by atoms with van der Waals surface area (Å²) < 4.78 is 27.6. The second kappa shape index (κ2) is 8.66. The largest absolute Gasteiger partial charge is 0.352 e. The molecule has 0 fully saturated rings. The Kier molecular flexibility index (Phi) is 6.81. The number of rotatable bonds is 7. The number of carbonyl (C=O) groups excluding carboxylic acids is 1. The number of benzene rings is 2. The van der Waals surface area contributed by atoms with Crippen molar-refractivity contribution in [3.8, 4) is 0 Å². The summed E-state index contributed by atoms with van der Waals surface area (Å²) in [6, 6.07) is 10.9. The average molecular weight is 395 g/mol. The van der Waals surface area contributed by atoms with Crippen molar-refractivity contribution >= 4 is 27.5 Å². The van der Waals surface area contributed by atoms with Crippen LogP contribution in [0, 0.1) is 20.8 Å². The van der Waals surface area contributed by atoms with Crippen LogP contribution in [-0.4, -0.2) is 20.9 Å². The van der Waals surface area contributed by atoms with Gasteiger partial charge in [-0.15, -0.1) is 0 Å². The van der Waals surface area contributed by atoms with Crippen LogP contribution in [0.4, 0.5) is 0 Å². The monoisotopic (exact) mass is 394 g/mol. The zero-order valence-electron chi connectivity index (χ0n) is 15.1. The minimum absolute atomic E-state index is 0.0312. The van der Waals surface area contributed by atoms with Gasteiger partial charge in [0.25, 0.3) is 0 Å². The lowest BCUT2D eigenvalue weighted by atomic mass is 10.1. The lowest BCUT2D eigenvalue weighted by molar-refractivity contribution is -0.121. The molecule has 0 saturated carbocycles. The maximum Gasteiger partial charge on any atom is 0.241 e. The zero-order chi connectivity index (χ0) is 19.3. The van der Waals surface area contributed by atoms with Gasteiger partial charge in [-0.05, 0) is 43.5 Å². The van der Waals surface area contributed by atoms with E-state index >= 15 is 0 Å². The molecule has 5 nitrogen and oxygen atoms in total. The molecule has 2 aromatic carbocycles. The highest BCUT2D eigenvalue weighted by Crippen LogP contribution is 2.21. The van der Waals surface area contributed by atoms with Gasteiger partial charge >= 0.3 is 0 Å². The molecule has 2 rings (SSSR count). The summed E-state index contributed by atoms with van der Waals surface area (Å²) in [4.78, 5) is 12.2. The summed E-state index contributed by atoms with van der Waals surface area (Å²) in [6.45, 7) is 5.80. The van der Waals surface area contributed by atoms with Crippen LogP contribution in [0.2, 0.25) is 5.02 Å². The van der Waals surface area contributed by atoms with E-state index in [1.165, 1.54) is 0 Å². The molecule has 0 unspecified atom stereocenters. The summed E-state index contributed by atoms with van der Waals surface area (Å²) in [5.41, 5.74) is 3.21. The van der Waals surface area contributed by atoms with Crippen LogP contribution in [-0.2, 0) is 21.4 Å². The van der Waals surface area contributed by atoms with E-state index < -0.39 is 10.0 Å². The van der Waals surface area contributed by atoms with E-state index in [1.807, 2.05) is 37.3 Å². The predicted octanol–water partition coefficient (Wildman–Crippen LogP) is 3.25. The molecule has 0 aliphatic rings. The average Bonchev–Trinajstić information content (AvgIpc) is 2.52. The molecule has 0 spiro atoms. The second-order valence-corrected chi connectivity index (χ2v) is 8.35. The highest BCUT2D eigenvalue weighted by molar-refractivity contribution is 7.89. The number of halogens is 1. The van der Waals surface area contributed by atoms with Gasteiger partial charge in [0.15, 0.2) is 0 Å². The molecular formula is C19H23ClN2O3S. The highest BCUT2D eigenvalue weighted by atomic mass is 35.5. The third-order valence-corrected chi connectivity index (χ3v) is 6.09. The highest BCUT2D eigenvalue weighted by Gasteiger charge is 2.19. The summed E-state index contributed by atoms with van der Waals surface area (Å²) >= 11 is 6.04. The maximum atomic E-state index is 12.5. The van der Waals surface area contributed by atoms with Crippen LogP contribution in [0.3, 0.4) is 0 Å². The van der Waals surface area contributed by atoms with Crippen molar-refractivity contribution in [1.29, 1.82) is 0 Å². The summed E-state index contributed by atoms with van der Waals surface area (Å²) in [7, 11) is -3.66. The fourth-order valence-electron chi connectivity index (χ4n) is 2.89. The quantitative estimate of drug-likeness (QED) is 0.756. The van der Waals surface area contributed by atoms with E-state index in [-0.39, 0.29) is 23.8 Å². The molecule has 26 heavy (non-hydrogen) atoms. The fraction of sp³-hybridized carbons (Fsp3) is 0.316. The van der Waals surface area contributed by atoms with Gasteiger partial charge in [-0.25, -0.2) is 13.1 Å². The third kappa shape index (κ3) is 5.30. The first-order chi connectivity index (χ1) is 12.2. The Balaban J connectivity index is 1.90. The Bertz CT molecular complexity index is 888. The molecule has 0 aliphatic carbocycles. The first kappa shape index (κ1) is 20.4. The molecule has 7 heteroatoms. The van der Waals surface area contributed by atoms with Crippen molar-refractivity contribution in [2.75, 3.05) is 6.54 Å². The smallest absolute Gasteiger partial charge is 0.241 e. The van der Waals surface area contributed by atoms with Crippen LogP contribution in [0.5, 0.6) is 0 Å². The second-order valence-electron chi connectivity index (χ2n) is 6.24. The van der Waals surface area contributed by atoms with Crippen molar-refractivity contribution in [2.45, 2.75) is 38.6 Å². The first-order valence-corrected chi connectivity index (χ1v) is 10.1. The molecule has 0 aliphatic heterocycles. The van der Waals surface area contributed by atoms with Crippen LogP contribution in [0.1, 0.15) is 28.7 Å². The van der Waals surface area contributed by atoms with Gasteiger partial charge in [0.05, 0.1) is 4.90 Å². The summed E-state index contributed by atoms with van der Waals surface area (Å²) in [5, 5.41) is 3.32. The normalized spacial score (nSPS) is 11.4. The summed E-state index contributed by atoms with van der Waals surface area (Å²) in [5.74, 6) is -0.245. The van der Waals surface area contributed by atoms with Crippen molar-refractivity contribution in [3.63, 3.8) is 0 Å². The topological polar surface area (TPSA) is 75.3 Å². The van der Waals surface area contributed by atoms with E-state index in [0.717, 1.165) is 11.1 Å². The van der Waals surface area contributed by atoms with Crippen molar-refractivity contribution < 1.29 is 13.2 Å². The molecule has 0 bridgehead atoms. The molecule has 140 valence electrons. The van der Waals surface area contributed by atoms with Crippen molar-refractivity contribution in [3.05, 3.63) is 63.7 Å². The number of amides is 1. The molecule has 1 amide bonds. The van der Waals surface area contributed by atoms with E-state index in [2.05, 4.69) is 10.0 Å². The number of hydrogen-bond acceptors (Lipinski definition) is 3. The minimum atomic E-state index is -3.66. The van der Waals surface area contributed by atoms with Gasteiger partial charge in [-0.3, -0.25) is 4.79 Å². The lowest BCUT2D eigenvalue weighted by Crippen LogP contribution is -2.31. The molecule has 2 aromatic rings. The van der Waals surface area contributed by atoms with Gasteiger partial charge in [0, 0.05) is 24.5 Å². The minimum Gasteiger partial charge on any atom is -0.352 e. The predicted molar refractivity (Wildman–Crippen MR) is 104 cm³/mol. The Morgan fingerprint density at radius 2 is 1.69 bits per heavy atom. The SMILES string of the molecule is Cc1cc(C)c(S(=O)(=O)NCCC(=O)NCc2ccccc2Cl)c(C)c1. The molecular weight excluding hydrogens is 372 g/mol. The molecule has 0 atom stereocenters. The number of aryl methyl sites for hydroxylation is 3. The summed E-state index contributed by atoms with van der Waals surface area (Å²) in [6.07, 6.45) is 0.0492. The van der Waals surface area contributed by atoms with Crippen molar-refractivity contribution in [2.24, 2.45) is 0 Å². The number of carbonyl (C=O) groups is 1. The van der Waals surface area contributed by atoms with Crippen LogP contribution in [0.25, 0.3) is 0 Å². The van der Waals surface area contributed by atoms with Crippen LogP contribution in [0.15, 0.2) is 41.3 Å². The maximum absolute atomic E-state index is 12.5. The lowest BCUT2D eigenvalue weighted by Gasteiger charge is -2.13. The van der Waals surface area contributed by atoms with Crippen LogP contribution < -0.4 is 10.0 Å². The molecule has 0 heterocycles. The van der Waals surface area contributed by atoms with E-state index in [4.69, 9.17) is 11.6 Å².